The van der Waals surface area contributed by atoms with Gasteiger partial charge in [0.25, 0.3) is 0 Å². The summed E-state index contributed by atoms with van der Waals surface area (Å²) in [4.78, 5) is 8.82. The van der Waals surface area contributed by atoms with E-state index in [2.05, 4.69) is 14.7 Å². The largest absolute Gasteiger partial charge is 0.573 e. The quantitative estimate of drug-likeness (QED) is 0.676. The van der Waals surface area contributed by atoms with Crippen LogP contribution in [0.25, 0.3) is 22.6 Å². The Hall–Kier alpha value is -2.89. The molecule has 122 valence electrons. The molecule has 24 heavy (non-hydrogen) atoms. The molecule has 0 atom stereocenters. The Morgan fingerprint density at radius 2 is 1.38 bits per heavy atom. The molecule has 0 aliphatic rings. The molecule has 3 rings (SSSR count). The number of aromatic nitrogens is 2. The number of nitrogens with zero attached hydrogens (tertiary/aromatic N) is 2. The zero-order valence-electron chi connectivity index (χ0n) is 12.7. The molecular formula is C18H13F3N2O. The summed E-state index contributed by atoms with van der Waals surface area (Å²) in [7, 11) is 0. The summed E-state index contributed by atoms with van der Waals surface area (Å²) in [5.74, 6) is -0.285. The molecule has 0 unspecified atom stereocenters. The van der Waals surface area contributed by atoms with Gasteiger partial charge in [0.05, 0.1) is 17.1 Å². The van der Waals surface area contributed by atoms with E-state index >= 15 is 0 Å². The number of para-hydroxylation sites is 1. The minimum Gasteiger partial charge on any atom is -0.405 e. The van der Waals surface area contributed by atoms with Gasteiger partial charge in [-0.3, -0.25) is 4.98 Å². The molecular weight excluding hydrogens is 317 g/mol. The fourth-order valence-corrected chi connectivity index (χ4v) is 2.30. The summed E-state index contributed by atoms with van der Waals surface area (Å²) in [6.07, 6.45) is -4.76. The van der Waals surface area contributed by atoms with E-state index in [-0.39, 0.29) is 11.3 Å². The number of pyridine rings is 2. The van der Waals surface area contributed by atoms with Crippen molar-refractivity contribution >= 4 is 0 Å². The summed E-state index contributed by atoms with van der Waals surface area (Å²) >= 11 is 0. The third-order valence-corrected chi connectivity index (χ3v) is 3.29. The fraction of sp³-hybridized carbons (Fsp3) is 0.111. The maximum atomic E-state index is 12.6. The van der Waals surface area contributed by atoms with E-state index in [1.165, 1.54) is 18.2 Å². The highest BCUT2D eigenvalue weighted by Gasteiger charge is 2.32. The standard InChI is InChI=1S/C18H13F3N2O/c1-12-6-4-9-15(22-12)16-10-5-8-14(23-16)13-7-2-3-11-17(13)24-18(19,20)21/h2-11H,1H3. The van der Waals surface area contributed by atoms with Gasteiger partial charge in [-0.2, -0.15) is 0 Å². The molecule has 2 aromatic heterocycles. The lowest BCUT2D eigenvalue weighted by molar-refractivity contribution is -0.274. The van der Waals surface area contributed by atoms with Crippen molar-refractivity contribution in [1.82, 2.24) is 9.97 Å². The first-order valence-corrected chi connectivity index (χ1v) is 7.19. The van der Waals surface area contributed by atoms with Crippen molar-refractivity contribution in [3.8, 4) is 28.4 Å². The van der Waals surface area contributed by atoms with Gasteiger partial charge in [0, 0.05) is 11.3 Å². The first-order chi connectivity index (χ1) is 11.4. The van der Waals surface area contributed by atoms with Crippen molar-refractivity contribution in [2.75, 3.05) is 0 Å². The van der Waals surface area contributed by atoms with Crippen LogP contribution in [0.4, 0.5) is 13.2 Å². The molecule has 0 aliphatic carbocycles. The predicted octanol–water partition coefficient (Wildman–Crippen LogP) is 5.02. The van der Waals surface area contributed by atoms with Crippen molar-refractivity contribution in [3.05, 3.63) is 66.4 Å². The highest BCUT2D eigenvalue weighted by atomic mass is 19.4. The zero-order valence-corrected chi connectivity index (χ0v) is 12.7. The smallest absolute Gasteiger partial charge is 0.405 e. The Morgan fingerprint density at radius 1 is 0.750 bits per heavy atom. The van der Waals surface area contributed by atoms with Crippen LogP contribution in [0, 0.1) is 6.92 Å². The van der Waals surface area contributed by atoms with Gasteiger partial charge in [-0.05, 0) is 43.3 Å². The summed E-state index contributed by atoms with van der Waals surface area (Å²) in [6, 6.07) is 16.6. The molecule has 0 aliphatic heterocycles. The van der Waals surface area contributed by atoms with E-state index in [9.17, 15) is 13.2 Å². The third-order valence-electron chi connectivity index (χ3n) is 3.29. The highest BCUT2D eigenvalue weighted by molar-refractivity contribution is 5.69. The molecule has 3 nitrogen and oxygen atoms in total. The fourth-order valence-electron chi connectivity index (χ4n) is 2.30. The Labute approximate surface area is 136 Å². The second kappa shape index (κ2) is 6.31. The Balaban J connectivity index is 2.04. The Bertz CT molecular complexity index is 863. The van der Waals surface area contributed by atoms with Crippen molar-refractivity contribution in [1.29, 1.82) is 0 Å². The molecule has 0 fully saturated rings. The second-order valence-corrected chi connectivity index (χ2v) is 5.12. The van der Waals surface area contributed by atoms with Crippen LogP contribution in [0.15, 0.2) is 60.7 Å². The molecule has 0 radical (unpaired) electrons. The van der Waals surface area contributed by atoms with Crippen LogP contribution in [0.3, 0.4) is 0 Å². The minimum absolute atomic E-state index is 0.268. The van der Waals surface area contributed by atoms with Crippen LogP contribution in [0.5, 0.6) is 5.75 Å². The first-order valence-electron chi connectivity index (χ1n) is 7.19. The molecule has 0 N–H and O–H groups in total. The number of alkyl halides is 3. The molecule has 6 heteroatoms. The second-order valence-electron chi connectivity index (χ2n) is 5.12. The van der Waals surface area contributed by atoms with Crippen LogP contribution in [0.2, 0.25) is 0 Å². The number of aryl methyl sites for hydroxylation is 1. The van der Waals surface area contributed by atoms with E-state index in [1.807, 2.05) is 19.1 Å². The zero-order chi connectivity index (χ0) is 17.2. The van der Waals surface area contributed by atoms with Crippen LogP contribution >= 0.6 is 0 Å². The van der Waals surface area contributed by atoms with Crippen LogP contribution < -0.4 is 4.74 Å². The van der Waals surface area contributed by atoms with Gasteiger partial charge in [-0.25, -0.2) is 4.98 Å². The monoisotopic (exact) mass is 330 g/mol. The van der Waals surface area contributed by atoms with Crippen molar-refractivity contribution in [2.45, 2.75) is 13.3 Å². The average molecular weight is 330 g/mol. The first kappa shape index (κ1) is 16.0. The molecule has 0 bridgehead atoms. The molecule has 3 aromatic rings. The Kier molecular flexibility index (Phi) is 4.20. The van der Waals surface area contributed by atoms with Gasteiger partial charge in [-0.15, -0.1) is 13.2 Å². The number of ether oxygens (including phenoxy) is 1. The van der Waals surface area contributed by atoms with Crippen LogP contribution in [0.1, 0.15) is 5.69 Å². The number of benzene rings is 1. The normalized spacial score (nSPS) is 11.3. The summed E-state index contributed by atoms with van der Waals surface area (Å²) < 4.78 is 41.8. The van der Waals surface area contributed by atoms with Gasteiger partial charge in [0.2, 0.25) is 0 Å². The lowest BCUT2D eigenvalue weighted by Gasteiger charge is -2.13. The van der Waals surface area contributed by atoms with Gasteiger partial charge in [0.1, 0.15) is 5.75 Å². The van der Waals surface area contributed by atoms with Gasteiger partial charge < -0.3 is 4.74 Å². The summed E-state index contributed by atoms with van der Waals surface area (Å²) in [6.45, 7) is 1.86. The van der Waals surface area contributed by atoms with Crippen molar-refractivity contribution in [3.63, 3.8) is 0 Å². The minimum atomic E-state index is -4.76. The van der Waals surface area contributed by atoms with Gasteiger partial charge >= 0.3 is 6.36 Å². The van der Waals surface area contributed by atoms with E-state index in [4.69, 9.17) is 0 Å². The number of halogens is 3. The number of rotatable bonds is 3. The molecule has 2 heterocycles. The maximum Gasteiger partial charge on any atom is 0.573 e. The van der Waals surface area contributed by atoms with E-state index < -0.39 is 6.36 Å². The summed E-state index contributed by atoms with van der Waals surface area (Å²) in [5.41, 5.74) is 2.73. The lowest BCUT2D eigenvalue weighted by atomic mass is 10.1. The van der Waals surface area contributed by atoms with Crippen molar-refractivity contribution in [2.24, 2.45) is 0 Å². The molecule has 1 aromatic carbocycles. The lowest BCUT2D eigenvalue weighted by Crippen LogP contribution is -2.17. The van der Waals surface area contributed by atoms with Crippen molar-refractivity contribution < 1.29 is 17.9 Å². The molecule has 0 saturated carbocycles. The topological polar surface area (TPSA) is 35.0 Å². The van der Waals surface area contributed by atoms with Crippen LogP contribution in [-0.4, -0.2) is 16.3 Å². The highest BCUT2D eigenvalue weighted by Crippen LogP contribution is 2.33. The van der Waals surface area contributed by atoms with Gasteiger partial charge in [-0.1, -0.05) is 24.3 Å². The van der Waals surface area contributed by atoms with E-state index in [0.29, 0.717) is 17.1 Å². The maximum absolute atomic E-state index is 12.6. The van der Waals surface area contributed by atoms with Gasteiger partial charge in [0.15, 0.2) is 0 Å². The van der Waals surface area contributed by atoms with Crippen LogP contribution in [-0.2, 0) is 0 Å². The average Bonchev–Trinajstić information content (AvgIpc) is 2.54. The molecule has 0 amide bonds. The molecule has 0 spiro atoms. The number of hydrogen-bond acceptors (Lipinski definition) is 3. The molecule has 0 saturated heterocycles. The predicted molar refractivity (Wildman–Crippen MR) is 84.3 cm³/mol. The van der Waals surface area contributed by atoms with E-state index in [1.54, 1.807) is 30.3 Å². The number of hydrogen-bond donors (Lipinski definition) is 0. The Morgan fingerprint density at radius 3 is 2.08 bits per heavy atom. The van der Waals surface area contributed by atoms with E-state index in [0.717, 1.165) is 5.69 Å². The SMILES string of the molecule is Cc1cccc(-c2cccc(-c3ccccc3OC(F)(F)F)n2)n1. The third kappa shape index (κ3) is 3.71. The summed E-state index contributed by atoms with van der Waals surface area (Å²) in [5, 5.41) is 0.